The van der Waals surface area contributed by atoms with Gasteiger partial charge in [0.1, 0.15) is 12.3 Å². The molecule has 4 rings (SSSR count). The van der Waals surface area contributed by atoms with Gasteiger partial charge in [0.05, 0.1) is 23.7 Å². The quantitative estimate of drug-likeness (QED) is 0.776. The number of para-hydroxylation sites is 2. The van der Waals surface area contributed by atoms with E-state index in [1.165, 1.54) is 4.57 Å². The third-order valence-corrected chi connectivity index (χ3v) is 5.16. The first-order chi connectivity index (χ1) is 13.0. The minimum atomic E-state index is -0.189. The first kappa shape index (κ1) is 17.4. The molecule has 140 valence electrons. The second kappa shape index (κ2) is 6.61. The van der Waals surface area contributed by atoms with Crippen LogP contribution in [-0.2, 0) is 18.4 Å². The molecule has 27 heavy (non-hydrogen) atoms. The Kier molecular flexibility index (Phi) is 4.26. The number of imidazole rings is 1. The summed E-state index contributed by atoms with van der Waals surface area (Å²) >= 11 is 0. The number of amides is 1. The average molecular weight is 365 g/mol. The second-order valence-electron chi connectivity index (χ2n) is 7.17. The molecule has 1 aliphatic heterocycles. The molecule has 3 aromatic rings. The minimum absolute atomic E-state index is 0.00231. The smallest absolute Gasteiger partial charge is 0.329 e. The number of hydrogen-bond donors (Lipinski definition) is 1. The molecular weight excluding hydrogens is 342 g/mol. The number of rotatable bonds is 3. The summed E-state index contributed by atoms with van der Waals surface area (Å²) in [5.74, 6) is 0.685. The maximum atomic E-state index is 12.7. The molecule has 1 amide bonds. The molecule has 1 N–H and O–H groups in total. The van der Waals surface area contributed by atoms with Gasteiger partial charge in [-0.3, -0.25) is 13.9 Å². The van der Waals surface area contributed by atoms with Crippen molar-refractivity contribution in [3.8, 4) is 5.75 Å². The lowest BCUT2D eigenvalue weighted by atomic mass is 9.95. The highest BCUT2D eigenvalue weighted by molar-refractivity contribution is 5.81. The summed E-state index contributed by atoms with van der Waals surface area (Å²) in [5, 5.41) is 3.09. The number of hydrogen-bond acceptors (Lipinski definition) is 3. The number of aromatic nitrogens is 2. The summed E-state index contributed by atoms with van der Waals surface area (Å²) in [6.45, 7) is 4.62. The Bertz CT molecular complexity index is 1090. The standard InChI is InChI=1S/C21H23N3O3/c1-13-10-14(2)20-15(11-13)16(8-9-27-20)22-19(25)12-24-18-7-5-4-6-17(18)23(3)21(24)26/h4-7,10-11,16H,8-9,12H2,1-3H3,(H,22,25). The molecule has 1 unspecified atom stereocenters. The van der Waals surface area contributed by atoms with Crippen molar-refractivity contribution < 1.29 is 9.53 Å². The van der Waals surface area contributed by atoms with Crippen LogP contribution in [0.4, 0.5) is 0 Å². The minimum Gasteiger partial charge on any atom is -0.493 e. The van der Waals surface area contributed by atoms with Gasteiger partial charge in [0.25, 0.3) is 0 Å². The van der Waals surface area contributed by atoms with E-state index in [0.29, 0.717) is 13.0 Å². The largest absolute Gasteiger partial charge is 0.493 e. The topological polar surface area (TPSA) is 65.3 Å². The number of carbonyl (C=O) groups is 1. The SMILES string of the molecule is Cc1cc(C)c2c(c1)C(NC(=O)Cn1c(=O)n(C)c3ccccc31)CCO2. The summed E-state index contributed by atoms with van der Waals surface area (Å²) in [6.07, 6.45) is 0.714. The average Bonchev–Trinajstić information content (AvgIpc) is 2.88. The molecule has 6 heteroatoms. The Morgan fingerprint density at radius 1 is 1.22 bits per heavy atom. The van der Waals surface area contributed by atoms with Gasteiger partial charge < -0.3 is 10.1 Å². The second-order valence-corrected chi connectivity index (χ2v) is 7.17. The molecule has 2 aromatic carbocycles. The molecule has 1 aromatic heterocycles. The maximum absolute atomic E-state index is 12.7. The summed E-state index contributed by atoms with van der Waals surface area (Å²) < 4.78 is 8.90. The Morgan fingerprint density at radius 2 is 1.96 bits per heavy atom. The monoisotopic (exact) mass is 365 g/mol. The summed E-state index contributed by atoms with van der Waals surface area (Å²) in [4.78, 5) is 25.3. The Morgan fingerprint density at radius 3 is 2.74 bits per heavy atom. The molecule has 6 nitrogen and oxygen atoms in total. The lowest BCUT2D eigenvalue weighted by Crippen LogP contribution is -2.36. The highest BCUT2D eigenvalue weighted by Crippen LogP contribution is 2.35. The van der Waals surface area contributed by atoms with Crippen molar-refractivity contribution in [2.75, 3.05) is 6.61 Å². The molecule has 0 saturated carbocycles. The van der Waals surface area contributed by atoms with Crippen molar-refractivity contribution in [3.63, 3.8) is 0 Å². The van der Waals surface area contributed by atoms with Crippen molar-refractivity contribution in [3.05, 3.63) is 63.6 Å². The number of aryl methyl sites for hydroxylation is 3. The maximum Gasteiger partial charge on any atom is 0.329 e. The fourth-order valence-corrected chi connectivity index (χ4v) is 3.93. The number of nitrogens with zero attached hydrogens (tertiary/aromatic N) is 2. The molecule has 2 heterocycles. The summed E-state index contributed by atoms with van der Waals surface area (Å²) in [5.41, 5.74) is 4.62. The van der Waals surface area contributed by atoms with Gasteiger partial charge >= 0.3 is 5.69 Å². The van der Waals surface area contributed by atoms with E-state index in [4.69, 9.17) is 4.74 Å². The third-order valence-electron chi connectivity index (χ3n) is 5.16. The van der Waals surface area contributed by atoms with Gasteiger partial charge in [-0.1, -0.05) is 29.8 Å². The van der Waals surface area contributed by atoms with Crippen molar-refractivity contribution in [1.82, 2.24) is 14.5 Å². The lowest BCUT2D eigenvalue weighted by Gasteiger charge is -2.28. The zero-order chi connectivity index (χ0) is 19.1. The van der Waals surface area contributed by atoms with E-state index in [0.717, 1.165) is 33.5 Å². The highest BCUT2D eigenvalue weighted by Gasteiger charge is 2.25. The van der Waals surface area contributed by atoms with E-state index >= 15 is 0 Å². The number of benzene rings is 2. The van der Waals surface area contributed by atoms with Crippen LogP contribution in [0.3, 0.4) is 0 Å². The van der Waals surface area contributed by atoms with E-state index in [9.17, 15) is 9.59 Å². The van der Waals surface area contributed by atoms with Crippen LogP contribution in [0.15, 0.2) is 41.2 Å². The van der Waals surface area contributed by atoms with Crippen molar-refractivity contribution in [2.24, 2.45) is 7.05 Å². The van der Waals surface area contributed by atoms with Gasteiger partial charge in [0.2, 0.25) is 5.91 Å². The van der Waals surface area contributed by atoms with E-state index < -0.39 is 0 Å². The molecule has 1 aliphatic rings. The molecule has 0 fully saturated rings. The first-order valence-corrected chi connectivity index (χ1v) is 9.13. The molecular formula is C21H23N3O3. The molecule has 0 saturated heterocycles. The molecule has 0 aliphatic carbocycles. The third kappa shape index (κ3) is 3.01. The van der Waals surface area contributed by atoms with E-state index in [-0.39, 0.29) is 24.2 Å². The number of carbonyl (C=O) groups excluding carboxylic acids is 1. The first-order valence-electron chi connectivity index (χ1n) is 9.13. The normalized spacial score (nSPS) is 16.0. The summed E-state index contributed by atoms with van der Waals surface area (Å²) in [6, 6.07) is 11.5. The Balaban J connectivity index is 1.61. The molecule has 0 bridgehead atoms. The van der Waals surface area contributed by atoms with Crippen LogP contribution in [0.1, 0.15) is 29.2 Å². The zero-order valence-electron chi connectivity index (χ0n) is 15.8. The number of fused-ring (bicyclic) bond motifs is 2. The van der Waals surface area contributed by atoms with Crippen LogP contribution in [0.2, 0.25) is 0 Å². The molecule has 1 atom stereocenters. The van der Waals surface area contributed by atoms with Crippen LogP contribution in [0.25, 0.3) is 11.0 Å². The highest BCUT2D eigenvalue weighted by atomic mass is 16.5. The van der Waals surface area contributed by atoms with Gasteiger partial charge in [-0.25, -0.2) is 4.79 Å². The van der Waals surface area contributed by atoms with Gasteiger partial charge in [-0.05, 0) is 31.5 Å². The van der Waals surface area contributed by atoms with Crippen molar-refractivity contribution in [2.45, 2.75) is 32.9 Å². The van der Waals surface area contributed by atoms with Crippen LogP contribution < -0.4 is 15.7 Å². The van der Waals surface area contributed by atoms with E-state index in [1.807, 2.05) is 38.1 Å². The Hall–Kier alpha value is -3.02. The van der Waals surface area contributed by atoms with Gasteiger partial charge in [-0.15, -0.1) is 0 Å². The molecule has 0 spiro atoms. The molecule has 0 radical (unpaired) electrons. The summed E-state index contributed by atoms with van der Waals surface area (Å²) in [7, 11) is 1.72. The van der Waals surface area contributed by atoms with Crippen LogP contribution >= 0.6 is 0 Å². The predicted octanol–water partition coefficient (Wildman–Crippen LogP) is 2.60. The number of ether oxygens (including phenoxy) is 1. The Labute approximate surface area is 157 Å². The van der Waals surface area contributed by atoms with Crippen LogP contribution in [0, 0.1) is 13.8 Å². The predicted molar refractivity (Wildman–Crippen MR) is 104 cm³/mol. The van der Waals surface area contributed by atoms with E-state index in [1.54, 1.807) is 11.6 Å². The zero-order valence-corrected chi connectivity index (χ0v) is 15.8. The van der Waals surface area contributed by atoms with Crippen molar-refractivity contribution >= 4 is 16.9 Å². The van der Waals surface area contributed by atoms with Gasteiger partial charge in [-0.2, -0.15) is 0 Å². The van der Waals surface area contributed by atoms with Crippen LogP contribution in [0.5, 0.6) is 5.75 Å². The fraction of sp³-hybridized carbons (Fsp3) is 0.333. The van der Waals surface area contributed by atoms with Gasteiger partial charge in [0, 0.05) is 19.0 Å². The van der Waals surface area contributed by atoms with Crippen LogP contribution in [-0.4, -0.2) is 21.6 Å². The fourth-order valence-electron chi connectivity index (χ4n) is 3.93. The lowest BCUT2D eigenvalue weighted by molar-refractivity contribution is -0.122. The van der Waals surface area contributed by atoms with Crippen molar-refractivity contribution in [1.29, 1.82) is 0 Å². The van der Waals surface area contributed by atoms with E-state index in [2.05, 4.69) is 17.4 Å². The number of nitrogens with one attached hydrogen (secondary N) is 1. The van der Waals surface area contributed by atoms with Gasteiger partial charge in [0.15, 0.2) is 0 Å².